The summed E-state index contributed by atoms with van der Waals surface area (Å²) in [5, 5.41) is 0. The van der Waals surface area contributed by atoms with Crippen molar-refractivity contribution in [1.29, 1.82) is 0 Å². The summed E-state index contributed by atoms with van der Waals surface area (Å²) in [6, 6.07) is 0. The van der Waals surface area contributed by atoms with E-state index in [0.29, 0.717) is 5.92 Å². The molecule has 0 amide bonds. The Kier molecular flexibility index (Phi) is 7.24. The normalized spacial score (nSPS) is 30.6. The Morgan fingerprint density at radius 1 is 1.40 bits per heavy atom. The average Bonchev–Trinajstić information content (AvgIpc) is 2.48. The van der Waals surface area contributed by atoms with Crippen molar-refractivity contribution in [2.75, 3.05) is 7.11 Å². The second-order valence-corrected chi connectivity index (χ2v) is 5.48. The van der Waals surface area contributed by atoms with Gasteiger partial charge in [-0.05, 0) is 25.2 Å². The maximum Gasteiger partial charge on any atom is 0.308 e. The van der Waals surface area contributed by atoms with Crippen molar-refractivity contribution in [1.82, 2.24) is 0 Å². The van der Waals surface area contributed by atoms with E-state index < -0.39 is 0 Å². The first-order chi connectivity index (χ1) is 9.60. The third kappa shape index (κ3) is 4.60. The van der Waals surface area contributed by atoms with Crippen molar-refractivity contribution < 1.29 is 19.3 Å². The van der Waals surface area contributed by atoms with Crippen LogP contribution >= 0.6 is 0 Å². The molecule has 4 heteroatoms. The average molecular weight is 284 g/mol. The predicted molar refractivity (Wildman–Crippen MR) is 78.1 cm³/mol. The fourth-order valence-corrected chi connectivity index (χ4v) is 2.58. The first kappa shape index (κ1) is 17.2. The first-order valence-electron chi connectivity index (χ1n) is 7.69. The minimum absolute atomic E-state index is 0.202. The van der Waals surface area contributed by atoms with E-state index in [4.69, 9.17) is 14.5 Å². The van der Waals surface area contributed by atoms with E-state index in [-0.39, 0.29) is 24.1 Å². The van der Waals surface area contributed by atoms with Gasteiger partial charge >= 0.3 is 5.97 Å². The number of hydrogen-bond acceptors (Lipinski definition) is 4. The Hall–Kier alpha value is -0.870. The van der Waals surface area contributed by atoms with Crippen molar-refractivity contribution in [3.05, 3.63) is 12.2 Å². The molecule has 0 N–H and O–H groups in total. The van der Waals surface area contributed by atoms with Gasteiger partial charge in [0.2, 0.25) is 0 Å². The molecule has 0 aromatic rings. The lowest BCUT2D eigenvalue weighted by atomic mass is 9.81. The van der Waals surface area contributed by atoms with Gasteiger partial charge in [0.15, 0.2) is 0 Å². The van der Waals surface area contributed by atoms with Crippen LogP contribution in [-0.4, -0.2) is 24.8 Å². The summed E-state index contributed by atoms with van der Waals surface area (Å²) in [4.78, 5) is 22.6. The first-order valence-corrected chi connectivity index (χ1v) is 7.69. The zero-order valence-electron chi connectivity index (χ0n) is 13.2. The van der Waals surface area contributed by atoms with Crippen LogP contribution in [0.3, 0.4) is 0 Å². The van der Waals surface area contributed by atoms with Crippen LogP contribution in [0.5, 0.6) is 0 Å². The molecule has 4 nitrogen and oxygen atoms in total. The summed E-state index contributed by atoms with van der Waals surface area (Å²) in [6.07, 6.45) is 9.26. The highest BCUT2D eigenvalue weighted by molar-refractivity contribution is 5.69. The van der Waals surface area contributed by atoms with Gasteiger partial charge in [-0.1, -0.05) is 45.8 Å². The number of carbonyl (C=O) groups is 1. The second kappa shape index (κ2) is 8.42. The molecule has 1 rings (SSSR count). The number of allylic oxidation sites excluding steroid dienone is 1. The summed E-state index contributed by atoms with van der Waals surface area (Å²) in [5.74, 6) is 0.0663. The van der Waals surface area contributed by atoms with Crippen molar-refractivity contribution in [2.45, 2.75) is 71.0 Å². The molecule has 0 aromatic carbocycles. The van der Waals surface area contributed by atoms with E-state index >= 15 is 0 Å². The van der Waals surface area contributed by atoms with Gasteiger partial charge in [-0.3, -0.25) is 4.79 Å². The van der Waals surface area contributed by atoms with Gasteiger partial charge in [-0.2, -0.15) is 0 Å². The molecule has 1 aliphatic rings. The molecular formula is C16H28O4. The maximum atomic E-state index is 11.4. The molecule has 1 fully saturated rings. The van der Waals surface area contributed by atoms with Gasteiger partial charge in [0.05, 0.1) is 13.5 Å². The van der Waals surface area contributed by atoms with Gasteiger partial charge in [0, 0.05) is 0 Å². The van der Waals surface area contributed by atoms with E-state index in [2.05, 4.69) is 32.9 Å². The summed E-state index contributed by atoms with van der Waals surface area (Å²) in [7, 11) is 1.40. The van der Waals surface area contributed by atoms with Crippen molar-refractivity contribution in [2.24, 2.45) is 5.92 Å². The van der Waals surface area contributed by atoms with E-state index in [1.807, 2.05) is 0 Å². The van der Waals surface area contributed by atoms with E-state index in [9.17, 15) is 4.79 Å². The van der Waals surface area contributed by atoms with Crippen molar-refractivity contribution in [3.8, 4) is 0 Å². The van der Waals surface area contributed by atoms with E-state index in [1.165, 1.54) is 7.11 Å². The smallest absolute Gasteiger partial charge is 0.308 e. The zero-order valence-corrected chi connectivity index (χ0v) is 13.2. The highest BCUT2D eigenvalue weighted by atomic mass is 17.2. The Balaban J connectivity index is 2.70. The zero-order chi connectivity index (χ0) is 15.0. The molecule has 3 atom stereocenters. The molecule has 116 valence electrons. The van der Waals surface area contributed by atoms with Crippen LogP contribution in [0.4, 0.5) is 0 Å². The molecule has 0 unspecified atom stereocenters. The molecule has 1 heterocycles. The molecule has 0 aromatic heterocycles. The topological polar surface area (TPSA) is 44.8 Å². The number of methoxy groups -OCH3 is 1. The molecule has 20 heavy (non-hydrogen) atoms. The lowest BCUT2D eigenvalue weighted by Crippen LogP contribution is -2.44. The van der Waals surface area contributed by atoms with Crippen LogP contribution in [0, 0.1) is 5.92 Å². The number of carbonyl (C=O) groups excluding carboxylic acids is 1. The highest BCUT2D eigenvalue weighted by Gasteiger charge is 2.41. The molecule has 0 saturated carbocycles. The third-order valence-corrected chi connectivity index (χ3v) is 4.07. The second-order valence-electron chi connectivity index (χ2n) is 5.48. The quantitative estimate of drug-likeness (QED) is 0.405. The maximum absolute atomic E-state index is 11.4. The summed E-state index contributed by atoms with van der Waals surface area (Å²) >= 11 is 0. The largest absolute Gasteiger partial charge is 0.469 e. The van der Waals surface area contributed by atoms with Gasteiger partial charge < -0.3 is 4.74 Å². The highest BCUT2D eigenvalue weighted by Crippen LogP contribution is 2.37. The van der Waals surface area contributed by atoms with Crippen LogP contribution in [0.2, 0.25) is 0 Å². The van der Waals surface area contributed by atoms with Crippen LogP contribution in [0.1, 0.15) is 59.3 Å². The Morgan fingerprint density at radius 3 is 2.70 bits per heavy atom. The standard InChI is InChI=1S/C16H28O4/c1-5-8-9-10-16(7-3)12-13(6-2)14(19-20-16)11-15(17)18-4/h9-10,13-14H,5-8,11-12H2,1-4H3/b10-9+/t13-,14+,16+/m0/s1. The lowest BCUT2D eigenvalue weighted by Gasteiger charge is -2.41. The minimum Gasteiger partial charge on any atom is -0.469 e. The Bertz CT molecular complexity index is 326. The number of ether oxygens (including phenoxy) is 1. The monoisotopic (exact) mass is 284 g/mol. The Morgan fingerprint density at radius 2 is 2.15 bits per heavy atom. The number of esters is 1. The molecule has 0 bridgehead atoms. The third-order valence-electron chi connectivity index (χ3n) is 4.07. The molecule has 1 aliphatic heterocycles. The fourth-order valence-electron chi connectivity index (χ4n) is 2.58. The molecular weight excluding hydrogens is 256 g/mol. The number of hydrogen-bond donors (Lipinski definition) is 0. The fraction of sp³-hybridized carbons (Fsp3) is 0.812. The van der Waals surface area contributed by atoms with E-state index in [1.54, 1.807) is 0 Å². The van der Waals surface area contributed by atoms with Crippen LogP contribution < -0.4 is 0 Å². The van der Waals surface area contributed by atoms with E-state index in [0.717, 1.165) is 32.1 Å². The molecule has 0 radical (unpaired) electrons. The van der Waals surface area contributed by atoms with Crippen LogP contribution in [-0.2, 0) is 19.3 Å². The predicted octanol–water partition coefficient (Wildman–Crippen LogP) is 3.80. The van der Waals surface area contributed by atoms with Crippen LogP contribution in [0.15, 0.2) is 12.2 Å². The molecule has 1 saturated heterocycles. The van der Waals surface area contributed by atoms with Crippen LogP contribution in [0.25, 0.3) is 0 Å². The molecule has 0 spiro atoms. The number of unbranched alkanes of at least 4 members (excludes halogenated alkanes) is 1. The molecule has 0 aliphatic carbocycles. The van der Waals surface area contributed by atoms with Crippen molar-refractivity contribution in [3.63, 3.8) is 0 Å². The van der Waals surface area contributed by atoms with Gasteiger partial charge in [0.1, 0.15) is 11.7 Å². The van der Waals surface area contributed by atoms with Gasteiger partial charge in [-0.25, -0.2) is 9.78 Å². The van der Waals surface area contributed by atoms with Gasteiger partial charge in [0.25, 0.3) is 0 Å². The van der Waals surface area contributed by atoms with Gasteiger partial charge in [-0.15, -0.1) is 0 Å². The SMILES string of the molecule is CCC/C=C/[C@]1(CC)C[C@H](CC)[C@@H](CC(=O)OC)OO1. The summed E-state index contributed by atoms with van der Waals surface area (Å²) in [6.45, 7) is 6.38. The minimum atomic E-state index is -0.345. The summed E-state index contributed by atoms with van der Waals surface area (Å²) < 4.78 is 4.72. The number of rotatable bonds is 7. The van der Waals surface area contributed by atoms with Crippen molar-refractivity contribution >= 4 is 5.97 Å². The Labute approximate surface area is 122 Å². The summed E-state index contributed by atoms with van der Waals surface area (Å²) in [5.41, 5.74) is -0.345. The lowest BCUT2D eigenvalue weighted by molar-refractivity contribution is -0.409.